The average Bonchev–Trinajstić information content (AvgIpc) is 3.43. The first-order valence-corrected chi connectivity index (χ1v) is 13.2. The summed E-state index contributed by atoms with van der Waals surface area (Å²) in [6.07, 6.45) is 0.438. The van der Waals surface area contributed by atoms with Crippen molar-refractivity contribution < 1.29 is 14.0 Å². The van der Waals surface area contributed by atoms with E-state index >= 15 is 0 Å². The first-order valence-electron chi connectivity index (χ1n) is 13.2. The van der Waals surface area contributed by atoms with E-state index in [0.717, 1.165) is 27.8 Å². The van der Waals surface area contributed by atoms with Crippen molar-refractivity contribution in [1.82, 2.24) is 25.9 Å². The van der Waals surface area contributed by atoms with Gasteiger partial charge in [0.15, 0.2) is 0 Å². The predicted octanol–water partition coefficient (Wildman–Crippen LogP) is 4.33. The second kappa shape index (κ2) is 11.0. The van der Waals surface area contributed by atoms with Crippen LogP contribution in [0.4, 0.5) is 10.1 Å². The molecule has 206 valence electrons. The molecule has 2 atom stereocenters. The number of H-pyrrole nitrogens is 1. The lowest BCUT2D eigenvalue weighted by molar-refractivity contribution is -0.128. The lowest BCUT2D eigenvalue weighted by Crippen LogP contribution is -2.50. The zero-order valence-corrected chi connectivity index (χ0v) is 22.7. The second-order valence-corrected chi connectivity index (χ2v) is 11.0. The quantitative estimate of drug-likeness (QED) is 0.319. The molecular formula is C30H32FN7O2. The number of carbonyl (C=O) groups excluding carboxylic acids is 2. The van der Waals surface area contributed by atoms with Crippen molar-refractivity contribution in [3.63, 3.8) is 0 Å². The van der Waals surface area contributed by atoms with E-state index in [4.69, 9.17) is 5.73 Å². The molecule has 1 aliphatic heterocycles. The maximum Gasteiger partial charge on any atom is 0.249 e. The summed E-state index contributed by atoms with van der Waals surface area (Å²) in [5.41, 5.74) is 10.3. The maximum atomic E-state index is 14.3. The van der Waals surface area contributed by atoms with Crippen molar-refractivity contribution >= 4 is 17.5 Å². The van der Waals surface area contributed by atoms with Crippen molar-refractivity contribution in [3.05, 3.63) is 83.7 Å². The third kappa shape index (κ3) is 5.91. The van der Waals surface area contributed by atoms with Crippen LogP contribution in [0.25, 0.3) is 22.5 Å². The van der Waals surface area contributed by atoms with Crippen LogP contribution in [0.5, 0.6) is 0 Å². The minimum atomic E-state index is -0.763. The third-order valence-electron chi connectivity index (χ3n) is 7.04. The minimum Gasteiger partial charge on any atom is -0.344 e. The van der Waals surface area contributed by atoms with Gasteiger partial charge in [0.1, 0.15) is 11.9 Å². The van der Waals surface area contributed by atoms with Gasteiger partial charge in [-0.25, -0.2) is 4.39 Å². The number of halogens is 1. The van der Waals surface area contributed by atoms with Gasteiger partial charge < -0.3 is 16.0 Å². The number of aromatic amines is 1. The molecule has 1 aliphatic rings. The standard InChI is InChI=1S/C30H32FN7O2/c1-18-14-25(33-27(39)16-30(2,3)32)29(40)38(26-13-12-21(31)15-24(18)26)17-19-8-10-20(11-9-19)22-6-4-5-7-23(22)28-34-36-37-35-28/h4-13,15,18,25H,14,16-17,32H2,1-3H3,(H,33,39)(H,34,35,36,37). The molecule has 10 heteroatoms. The number of carbonyl (C=O) groups is 2. The predicted molar refractivity (Wildman–Crippen MR) is 150 cm³/mol. The Labute approximate surface area is 232 Å². The molecule has 5 rings (SSSR count). The van der Waals surface area contributed by atoms with E-state index in [1.165, 1.54) is 12.1 Å². The molecule has 1 aromatic heterocycles. The lowest BCUT2D eigenvalue weighted by Gasteiger charge is -2.27. The Morgan fingerprint density at radius 1 is 1.12 bits per heavy atom. The van der Waals surface area contributed by atoms with Gasteiger partial charge in [0, 0.05) is 23.2 Å². The Balaban J connectivity index is 1.44. The summed E-state index contributed by atoms with van der Waals surface area (Å²) < 4.78 is 14.3. The van der Waals surface area contributed by atoms with Crippen molar-refractivity contribution in [2.75, 3.05) is 4.90 Å². The maximum absolute atomic E-state index is 14.3. The lowest BCUT2D eigenvalue weighted by atomic mass is 9.93. The van der Waals surface area contributed by atoms with E-state index in [1.807, 2.05) is 55.5 Å². The normalized spacial score (nSPS) is 17.3. The molecule has 0 bridgehead atoms. The van der Waals surface area contributed by atoms with E-state index in [-0.39, 0.29) is 36.5 Å². The number of hydrogen-bond acceptors (Lipinski definition) is 6. The third-order valence-corrected chi connectivity index (χ3v) is 7.04. The molecule has 0 spiro atoms. The fraction of sp³-hybridized carbons (Fsp3) is 0.300. The highest BCUT2D eigenvalue weighted by molar-refractivity contribution is 6.00. The number of fused-ring (bicyclic) bond motifs is 1. The summed E-state index contributed by atoms with van der Waals surface area (Å²) in [6, 6.07) is 19.4. The van der Waals surface area contributed by atoms with E-state index in [2.05, 4.69) is 25.9 Å². The fourth-order valence-corrected chi connectivity index (χ4v) is 5.18. The van der Waals surface area contributed by atoms with Gasteiger partial charge >= 0.3 is 0 Å². The molecule has 4 aromatic rings. The first-order chi connectivity index (χ1) is 19.1. The van der Waals surface area contributed by atoms with Gasteiger partial charge in [-0.15, -0.1) is 10.2 Å². The highest BCUT2D eigenvalue weighted by Gasteiger charge is 2.35. The molecule has 0 radical (unpaired) electrons. The molecule has 3 aromatic carbocycles. The highest BCUT2D eigenvalue weighted by Crippen LogP contribution is 2.37. The monoisotopic (exact) mass is 541 g/mol. The van der Waals surface area contributed by atoms with E-state index < -0.39 is 11.6 Å². The number of nitrogens with two attached hydrogens (primary N) is 1. The summed E-state index contributed by atoms with van der Waals surface area (Å²) in [7, 11) is 0. The molecule has 2 amide bonds. The van der Waals surface area contributed by atoms with Gasteiger partial charge in [-0.1, -0.05) is 55.5 Å². The zero-order chi connectivity index (χ0) is 28.4. The van der Waals surface area contributed by atoms with Crippen molar-refractivity contribution in [2.24, 2.45) is 5.73 Å². The number of hydrogen-bond donors (Lipinski definition) is 3. The largest absolute Gasteiger partial charge is 0.344 e. The van der Waals surface area contributed by atoms with E-state index in [1.54, 1.807) is 24.8 Å². The van der Waals surface area contributed by atoms with Crippen molar-refractivity contribution in [2.45, 2.75) is 57.7 Å². The Morgan fingerprint density at radius 3 is 2.52 bits per heavy atom. The van der Waals surface area contributed by atoms with Gasteiger partial charge in [-0.2, -0.15) is 5.21 Å². The summed E-state index contributed by atoms with van der Waals surface area (Å²) in [4.78, 5) is 28.2. The number of anilines is 1. The van der Waals surface area contributed by atoms with Crippen LogP contribution in [0.2, 0.25) is 0 Å². The van der Waals surface area contributed by atoms with Gasteiger partial charge in [-0.05, 0) is 71.9 Å². The molecule has 4 N–H and O–H groups in total. The van der Waals surface area contributed by atoms with E-state index in [0.29, 0.717) is 17.9 Å². The van der Waals surface area contributed by atoms with Crippen molar-refractivity contribution in [1.29, 1.82) is 0 Å². The summed E-state index contributed by atoms with van der Waals surface area (Å²) in [5.74, 6) is -0.555. The van der Waals surface area contributed by atoms with Crippen molar-refractivity contribution in [3.8, 4) is 22.5 Å². The molecule has 9 nitrogen and oxygen atoms in total. The Kier molecular flexibility index (Phi) is 7.44. The first kappa shape index (κ1) is 27.1. The topological polar surface area (TPSA) is 130 Å². The van der Waals surface area contributed by atoms with Crippen LogP contribution in [0.15, 0.2) is 66.7 Å². The zero-order valence-electron chi connectivity index (χ0n) is 22.7. The number of nitrogens with one attached hydrogen (secondary N) is 2. The second-order valence-electron chi connectivity index (χ2n) is 11.0. The Hall–Kier alpha value is -4.44. The van der Waals surface area contributed by atoms with Gasteiger partial charge in [0.25, 0.3) is 0 Å². The van der Waals surface area contributed by atoms with Crippen LogP contribution in [-0.4, -0.2) is 44.0 Å². The smallest absolute Gasteiger partial charge is 0.249 e. The van der Waals surface area contributed by atoms with Crippen LogP contribution in [0.3, 0.4) is 0 Å². The number of rotatable bonds is 7. The van der Waals surface area contributed by atoms with Gasteiger partial charge in [0.2, 0.25) is 17.6 Å². The Morgan fingerprint density at radius 2 is 1.85 bits per heavy atom. The molecule has 0 saturated carbocycles. The highest BCUT2D eigenvalue weighted by atomic mass is 19.1. The number of aromatic nitrogens is 4. The molecular weight excluding hydrogens is 509 g/mol. The van der Waals surface area contributed by atoms with Crippen LogP contribution < -0.4 is 16.0 Å². The minimum absolute atomic E-state index is 0.0829. The van der Waals surface area contributed by atoms with Gasteiger partial charge in [-0.3, -0.25) is 9.59 Å². The van der Waals surface area contributed by atoms with Crippen LogP contribution in [-0.2, 0) is 16.1 Å². The average molecular weight is 542 g/mol. The van der Waals surface area contributed by atoms with E-state index in [9.17, 15) is 14.0 Å². The van der Waals surface area contributed by atoms with Crippen LogP contribution in [0, 0.1) is 5.82 Å². The number of nitrogens with zero attached hydrogens (tertiary/aromatic N) is 4. The van der Waals surface area contributed by atoms with Gasteiger partial charge in [0.05, 0.1) is 6.54 Å². The van der Waals surface area contributed by atoms with Crippen LogP contribution >= 0.6 is 0 Å². The summed E-state index contributed by atoms with van der Waals surface area (Å²) in [5, 5.41) is 17.3. The number of benzene rings is 3. The molecule has 0 aliphatic carbocycles. The summed E-state index contributed by atoms with van der Waals surface area (Å²) >= 11 is 0. The molecule has 0 fully saturated rings. The Bertz CT molecular complexity index is 1510. The molecule has 0 saturated heterocycles. The molecule has 40 heavy (non-hydrogen) atoms. The summed E-state index contributed by atoms with van der Waals surface area (Å²) in [6.45, 7) is 5.72. The van der Waals surface area contributed by atoms with Crippen LogP contribution in [0.1, 0.15) is 50.7 Å². The number of tetrazole rings is 1. The fourth-order valence-electron chi connectivity index (χ4n) is 5.18. The SMILES string of the molecule is CC1CC(NC(=O)CC(C)(C)N)C(=O)N(Cc2ccc(-c3ccccc3-c3nn[nH]n3)cc2)c2ccc(F)cc21. The molecule has 2 heterocycles. The number of amides is 2. The molecule has 2 unspecified atom stereocenters.